The Morgan fingerprint density at radius 3 is 2.26 bits per heavy atom. The molecule has 0 aliphatic rings. The fourth-order valence-electron chi connectivity index (χ4n) is 1.63. The fraction of sp³-hybridized carbons (Fsp3) is 0.0714. The van der Waals surface area contributed by atoms with Crippen molar-refractivity contribution in [3.63, 3.8) is 0 Å². The normalized spacial score (nSPS) is 10.3. The van der Waals surface area contributed by atoms with Crippen LogP contribution in [0.1, 0.15) is 15.9 Å². The van der Waals surface area contributed by atoms with E-state index in [1.165, 1.54) is 24.3 Å². The Hall–Kier alpha value is -2.30. The number of rotatable bonds is 3. The van der Waals surface area contributed by atoms with Crippen LogP contribution in [0.25, 0.3) is 0 Å². The second kappa shape index (κ2) is 5.56. The van der Waals surface area contributed by atoms with Crippen molar-refractivity contribution < 1.29 is 18.0 Å². The largest absolute Gasteiger partial charge is 0.348 e. The molecule has 2 rings (SSSR count). The first-order chi connectivity index (χ1) is 9.08. The number of carbonyl (C=O) groups is 1. The first-order valence-corrected chi connectivity index (χ1v) is 5.54. The Labute approximate surface area is 107 Å². The number of hydrogen-bond acceptors (Lipinski definition) is 1. The Morgan fingerprint density at radius 2 is 1.63 bits per heavy atom. The van der Waals surface area contributed by atoms with Crippen LogP contribution in [0.3, 0.4) is 0 Å². The Kier molecular flexibility index (Phi) is 3.85. The number of hydrogen-bond donors (Lipinski definition) is 1. The van der Waals surface area contributed by atoms with Gasteiger partial charge in [0.15, 0.2) is 0 Å². The number of nitrogens with one attached hydrogen (secondary N) is 1. The lowest BCUT2D eigenvalue weighted by molar-refractivity contribution is 0.0942. The van der Waals surface area contributed by atoms with E-state index in [1.54, 1.807) is 6.07 Å². The molecule has 0 fully saturated rings. The summed E-state index contributed by atoms with van der Waals surface area (Å²) in [7, 11) is 0. The Bertz CT molecular complexity index is 593. The molecule has 19 heavy (non-hydrogen) atoms. The van der Waals surface area contributed by atoms with Gasteiger partial charge in [0, 0.05) is 6.54 Å². The van der Waals surface area contributed by atoms with E-state index in [0.717, 1.165) is 12.1 Å². The third-order valence-corrected chi connectivity index (χ3v) is 2.53. The van der Waals surface area contributed by atoms with E-state index in [0.29, 0.717) is 5.56 Å². The second-order valence-corrected chi connectivity index (χ2v) is 3.91. The van der Waals surface area contributed by atoms with Gasteiger partial charge in [0.2, 0.25) is 0 Å². The average molecular weight is 265 g/mol. The zero-order valence-electron chi connectivity index (χ0n) is 9.79. The van der Waals surface area contributed by atoms with Gasteiger partial charge in [0.25, 0.3) is 5.91 Å². The number of carbonyl (C=O) groups excluding carboxylic acids is 1. The summed E-state index contributed by atoms with van der Waals surface area (Å²) < 4.78 is 39.6. The van der Waals surface area contributed by atoms with E-state index in [2.05, 4.69) is 5.32 Å². The van der Waals surface area contributed by atoms with Gasteiger partial charge in [-0.1, -0.05) is 18.2 Å². The molecule has 0 spiro atoms. The molecular formula is C14H10F3NO. The van der Waals surface area contributed by atoms with Gasteiger partial charge in [-0.25, -0.2) is 13.2 Å². The second-order valence-electron chi connectivity index (χ2n) is 3.91. The summed E-state index contributed by atoms with van der Waals surface area (Å²) >= 11 is 0. The predicted octanol–water partition coefficient (Wildman–Crippen LogP) is 3.03. The molecule has 2 aromatic rings. The maximum absolute atomic E-state index is 13.3. The third-order valence-electron chi connectivity index (χ3n) is 2.53. The smallest absolute Gasteiger partial charge is 0.257 e. The quantitative estimate of drug-likeness (QED) is 0.908. The summed E-state index contributed by atoms with van der Waals surface area (Å²) in [5.41, 5.74) is -0.135. The molecule has 0 aliphatic heterocycles. The minimum Gasteiger partial charge on any atom is -0.348 e. The van der Waals surface area contributed by atoms with Crippen molar-refractivity contribution in [2.24, 2.45) is 0 Å². The lowest BCUT2D eigenvalue weighted by Crippen LogP contribution is -2.25. The molecule has 98 valence electrons. The number of benzene rings is 2. The lowest BCUT2D eigenvalue weighted by atomic mass is 10.1. The summed E-state index contributed by atoms with van der Waals surface area (Å²) in [5, 5.41) is 2.34. The molecule has 0 aliphatic carbocycles. The molecule has 0 atom stereocenters. The molecule has 0 saturated carbocycles. The summed E-state index contributed by atoms with van der Waals surface area (Å²) in [6, 6.07) is 8.76. The van der Waals surface area contributed by atoms with Crippen molar-refractivity contribution in [3.05, 3.63) is 71.0 Å². The minimum absolute atomic E-state index is 0.00956. The van der Waals surface area contributed by atoms with E-state index in [-0.39, 0.29) is 6.54 Å². The van der Waals surface area contributed by atoms with Crippen molar-refractivity contribution in [2.45, 2.75) is 6.54 Å². The maximum atomic E-state index is 13.3. The van der Waals surface area contributed by atoms with Gasteiger partial charge in [0.1, 0.15) is 23.0 Å². The fourth-order valence-corrected chi connectivity index (χ4v) is 1.63. The van der Waals surface area contributed by atoms with E-state index in [4.69, 9.17) is 0 Å². The molecule has 5 heteroatoms. The molecule has 0 unspecified atom stereocenters. The van der Waals surface area contributed by atoms with Crippen molar-refractivity contribution in [1.82, 2.24) is 5.32 Å². The zero-order chi connectivity index (χ0) is 13.8. The summed E-state index contributed by atoms with van der Waals surface area (Å²) in [4.78, 5) is 11.7. The summed E-state index contributed by atoms with van der Waals surface area (Å²) in [5.74, 6) is -3.18. The van der Waals surface area contributed by atoms with E-state index >= 15 is 0 Å². The molecule has 0 aromatic heterocycles. The highest BCUT2D eigenvalue weighted by molar-refractivity contribution is 5.94. The van der Waals surface area contributed by atoms with Crippen LogP contribution >= 0.6 is 0 Å². The molecule has 1 N–H and O–H groups in total. The lowest BCUT2D eigenvalue weighted by Gasteiger charge is -2.07. The average Bonchev–Trinajstić information content (AvgIpc) is 2.36. The monoisotopic (exact) mass is 265 g/mol. The van der Waals surface area contributed by atoms with Crippen LogP contribution in [-0.4, -0.2) is 5.91 Å². The van der Waals surface area contributed by atoms with Crippen molar-refractivity contribution in [2.75, 3.05) is 0 Å². The molecule has 2 aromatic carbocycles. The Balaban J connectivity index is 2.10. The van der Waals surface area contributed by atoms with Gasteiger partial charge in [-0.3, -0.25) is 4.79 Å². The van der Waals surface area contributed by atoms with Gasteiger partial charge in [-0.2, -0.15) is 0 Å². The molecular weight excluding hydrogens is 255 g/mol. The first kappa shape index (κ1) is 13.1. The standard InChI is InChI=1S/C14H10F3NO/c15-10-4-1-3-9(7-10)8-18-14(19)13-11(16)5-2-6-12(13)17/h1-7H,8H2,(H,18,19). The predicted molar refractivity (Wildman–Crippen MR) is 63.9 cm³/mol. The summed E-state index contributed by atoms with van der Waals surface area (Å²) in [6.45, 7) is -0.00956. The van der Waals surface area contributed by atoms with Crippen LogP contribution in [0.15, 0.2) is 42.5 Å². The van der Waals surface area contributed by atoms with Crippen LogP contribution in [0.4, 0.5) is 13.2 Å². The van der Waals surface area contributed by atoms with Crippen LogP contribution < -0.4 is 5.32 Å². The van der Waals surface area contributed by atoms with E-state index in [9.17, 15) is 18.0 Å². The molecule has 2 nitrogen and oxygen atoms in total. The maximum Gasteiger partial charge on any atom is 0.257 e. The highest BCUT2D eigenvalue weighted by Gasteiger charge is 2.16. The van der Waals surface area contributed by atoms with E-state index in [1.807, 2.05) is 0 Å². The van der Waals surface area contributed by atoms with Crippen molar-refractivity contribution >= 4 is 5.91 Å². The molecule has 0 bridgehead atoms. The SMILES string of the molecule is O=C(NCc1cccc(F)c1)c1c(F)cccc1F. The molecule has 1 amide bonds. The van der Waals surface area contributed by atoms with Gasteiger partial charge in [0.05, 0.1) is 0 Å². The Morgan fingerprint density at radius 1 is 1.00 bits per heavy atom. The van der Waals surface area contributed by atoms with Crippen LogP contribution in [0.2, 0.25) is 0 Å². The van der Waals surface area contributed by atoms with Crippen LogP contribution in [-0.2, 0) is 6.54 Å². The number of halogens is 3. The topological polar surface area (TPSA) is 29.1 Å². The zero-order valence-corrected chi connectivity index (χ0v) is 9.79. The van der Waals surface area contributed by atoms with E-state index < -0.39 is 28.9 Å². The third kappa shape index (κ3) is 3.13. The van der Waals surface area contributed by atoms with Crippen molar-refractivity contribution in [3.8, 4) is 0 Å². The number of amides is 1. The molecule has 0 saturated heterocycles. The van der Waals surface area contributed by atoms with Crippen LogP contribution in [0, 0.1) is 17.5 Å². The summed E-state index contributed by atoms with van der Waals surface area (Å²) in [6.07, 6.45) is 0. The molecule has 0 radical (unpaired) electrons. The van der Waals surface area contributed by atoms with Gasteiger partial charge in [-0.05, 0) is 29.8 Å². The highest BCUT2D eigenvalue weighted by Crippen LogP contribution is 2.12. The minimum atomic E-state index is -0.934. The van der Waals surface area contributed by atoms with Crippen molar-refractivity contribution in [1.29, 1.82) is 0 Å². The van der Waals surface area contributed by atoms with Gasteiger partial charge >= 0.3 is 0 Å². The molecule has 0 heterocycles. The van der Waals surface area contributed by atoms with Gasteiger partial charge in [-0.15, -0.1) is 0 Å². The van der Waals surface area contributed by atoms with Gasteiger partial charge < -0.3 is 5.32 Å². The highest BCUT2D eigenvalue weighted by atomic mass is 19.1. The van der Waals surface area contributed by atoms with Crippen LogP contribution in [0.5, 0.6) is 0 Å². The first-order valence-electron chi connectivity index (χ1n) is 5.54.